The maximum atomic E-state index is 11.4. The summed E-state index contributed by atoms with van der Waals surface area (Å²) in [5, 5.41) is 3.41. The number of rotatable bonds is 7. The van der Waals surface area contributed by atoms with Crippen molar-refractivity contribution >= 4 is 23.3 Å². The fourth-order valence-corrected chi connectivity index (χ4v) is 1.82. The van der Waals surface area contributed by atoms with Crippen LogP contribution in [0.1, 0.15) is 17.3 Å². The summed E-state index contributed by atoms with van der Waals surface area (Å²) in [6.07, 6.45) is 3.56. The Morgan fingerprint density at radius 3 is 2.32 bits per heavy atom. The Labute approximate surface area is 136 Å². The number of carbonyl (C=O) groups excluding carboxylic acids is 1. The van der Waals surface area contributed by atoms with Gasteiger partial charge in [-0.1, -0.05) is 37.4 Å². The normalized spacial score (nSPS) is 10.1. The number of carbonyl (C=O) groups is 1. The first-order valence-corrected chi connectivity index (χ1v) is 6.88. The maximum absolute atomic E-state index is 11.4. The van der Waals surface area contributed by atoms with E-state index in [9.17, 15) is 4.79 Å². The number of allylic oxidation sites excluding steroid dienone is 1. The van der Waals surface area contributed by atoms with Crippen molar-refractivity contribution in [3.63, 3.8) is 0 Å². The molecule has 0 heterocycles. The van der Waals surface area contributed by atoms with E-state index in [2.05, 4.69) is 29.8 Å². The lowest BCUT2D eigenvalue weighted by Crippen LogP contribution is -2.16. The Kier molecular flexibility index (Phi) is 6.47. The van der Waals surface area contributed by atoms with E-state index in [4.69, 9.17) is 11.6 Å². The molecule has 0 radical (unpaired) electrons. The third-order valence-electron chi connectivity index (χ3n) is 2.80. The summed E-state index contributed by atoms with van der Waals surface area (Å²) in [6.45, 7) is 13.4. The molecule has 0 saturated carbocycles. The quantitative estimate of drug-likeness (QED) is 0.458. The van der Waals surface area contributed by atoms with Gasteiger partial charge in [-0.05, 0) is 31.2 Å². The van der Waals surface area contributed by atoms with Gasteiger partial charge in [0.05, 0.1) is 24.1 Å². The van der Waals surface area contributed by atoms with Gasteiger partial charge in [0, 0.05) is 11.9 Å². The van der Waals surface area contributed by atoms with Crippen molar-refractivity contribution in [3.05, 3.63) is 78.4 Å². The molecule has 1 N–H and O–H groups in total. The molecule has 1 rings (SSSR count). The molecule has 4 nitrogen and oxygen atoms in total. The van der Waals surface area contributed by atoms with Gasteiger partial charge in [-0.2, -0.15) is 0 Å². The minimum absolute atomic E-state index is 0.312. The standard InChI is InChI=1S/C17H19ClN2O2/c1-6-11-20(14(4)18)13(3)12(2)19-16-9-7-15(8-10-16)17(21)22-5/h6-11,19H,2-4H2,1,5H3/b11-6-. The molecular formula is C17H19ClN2O2. The van der Waals surface area contributed by atoms with Crippen LogP contribution in [0.3, 0.4) is 0 Å². The molecule has 1 aromatic carbocycles. The van der Waals surface area contributed by atoms with Crippen molar-refractivity contribution in [3.8, 4) is 0 Å². The summed E-state index contributed by atoms with van der Waals surface area (Å²) in [7, 11) is 1.34. The highest BCUT2D eigenvalue weighted by Crippen LogP contribution is 2.22. The smallest absolute Gasteiger partial charge is 0.337 e. The largest absolute Gasteiger partial charge is 0.465 e. The number of anilines is 1. The van der Waals surface area contributed by atoms with E-state index >= 15 is 0 Å². The van der Waals surface area contributed by atoms with E-state index in [-0.39, 0.29) is 5.97 Å². The third-order valence-corrected chi connectivity index (χ3v) is 2.98. The average Bonchev–Trinajstić information content (AvgIpc) is 2.51. The highest BCUT2D eigenvalue weighted by molar-refractivity contribution is 6.29. The maximum Gasteiger partial charge on any atom is 0.337 e. The van der Waals surface area contributed by atoms with Crippen LogP contribution in [0.2, 0.25) is 0 Å². The summed E-state index contributed by atoms with van der Waals surface area (Å²) in [6, 6.07) is 6.82. The molecule has 1 aromatic rings. The molecule has 5 heteroatoms. The molecule has 0 spiro atoms. The third kappa shape index (κ3) is 4.53. The summed E-state index contributed by atoms with van der Waals surface area (Å²) < 4.78 is 4.65. The van der Waals surface area contributed by atoms with Crippen molar-refractivity contribution in [1.29, 1.82) is 0 Å². The van der Waals surface area contributed by atoms with E-state index in [0.29, 0.717) is 22.1 Å². The van der Waals surface area contributed by atoms with E-state index in [0.717, 1.165) is 5.69 Å². The fraction of sp³-hybridized carbons (Fsp3) is 0.118. The second-order valence-corrected chi connectivity index (χ2v) is 4.78. The first-order valence-electron chi connectivity index (χ1n) is 6.50. The molecule has 0 aliphatic heterocycles. The lowest BCUT2D eigenvalue weighted by atomic mass is 10.2. The van der Waals surface area contributed by atoms with Crippen LogP contribution in [0.5, 0.6) is 0 Å². The van der Waals surface area contributed by atoms with Gasteiger partial charge in [-0.15, -0.1) is 0 Å². The lowest BCUT2D eigenvalue weighted by Gasteiger charge is -2.23. The number of hydrogen-bond acceptors (Lipinski definition) is 4. The Bertz CT molecular complexity index is 618. The molecule has 0 aliphatic carbocycles. The molecule has 22 heavy (non-hydrogen) atoms. The monoisotopic (exact) mass is 318 g/mol. The number of esters is 1. The Morgan fingerprint density at radius 2 is 1.86 bits per heavy atom. The molecule has 0 aromatic heterocycles. The van der Waals surface area contributed by atoms with Gasteiger partial charge in [0.1, 0.15) is 5.16 Å². The number of halogens is 1. The summed E-state index contributed by atoms with van der Waals surface area (Å²) >= 11 is 5.94. The van der Waals surface area contributed by atoms with Gasteiger partial charge < -0.3 is 15.0 Å². The zero-order valence-electron chi connectivity index (χ0n) is 12.7. The van der Waals surface area contributed by atoms with Gasteiger partial charge in [-0.3, -0.25) is 0 Å². The van der Waals surface area contributed by atoms with Gasteiger partial charge >= 0.3 is 5.97 Å². The minimum Gasteiger partial charge on any atom is -0.465 e. The molecule has 0 fully saturated rings. The van der Waals surface area contributed by atoms with Crippen molar-refractivity contribution in [2.75, 3.05) is 12.4 Å². The second-order valence-electron chi connectivity index (χ2n) is 4.35. The zero-order valence-corrected chi connectivity index (χ0v) is 13.5. The zero-order chi connectivity index (χ0) is 16.7. The van der Waals surface area contributed by atoms with E-state index < -0.39 is 0 Å². The molecule has 0 aliphatic rings. The molecule has 0 saturated heterocycles. The Balaban J connectivity index is 2.81. The van der Waals surface area contributed by atoms with Gasteiger partial charge in [0.25, 0.3) is 0 Å². The predicted octanol–water partition coefficient (Wildman–Crippen LogP) is 4.46. The van der Waals surface area contributed by atoms with Gasteiger partial charge in [0.2, 0.25) is 0 Å². The van der Waals surface area contributed by atoms with Gasteiger partial charge in [0.15, 0.2) is 0 Å². The molecular weight excluding hydrogens is 300 g/mol. The molecule has 116 valence electrons. The van der Waals surface area contributed by atoms with Crippen LogP contribution in [0.25, 0.3) is 0 Å². The highest BCUT2D eigenvalue weighted by atomic mass is 35.5. The van der Waals surface area contributed by atoms with Crippen molar-refractivity contribution in [1.82, 2.24) is 4.90 Å². The predicted molar refractivity (Wildman–Crippen MR) is 91.3 cm³/mol. The molecule has 0 bridgehead atoms. The van der Waals surface area contributed by atoms with Crippen LogP contribution in [0.4, 0.5) is 5.69 Å². The molecule has 0 amide bonds. The summed E-state index contributed by atoms with van der Waals surface area (Å²) in [5.74, 6) is -0.382. The van der Waals surface area contributed by atoms with Gasteiger partial charge in [-0.25, -0.2) is 4.79 Å². The van der Waals surface area contributed by atoms with E-state index in [1.165, 1.54) is 7.11 Å². The topological polar surface area (TPSA) is 41.6 Å². The van der Waals surface area contributed by atoms with Crippen LogP contribution in [-0.2, 0) is 4.74 Å². The SMILES string of the molecule is C=C(Nc1ccc(C(=O)OC)cc1)C(=C)N(/C=C\C)C(=C)Cl. The number of nitrogens with zero attached hydrogens (tertiary/aromatic N) is 1. The summed E-state index contributed by atoms with van der Waals surface area (Å²) in [4.78, 5) is 13.0. The molecule has 0 atom stereocenters. The first kappa shape index (κ1) is 17.6. The van der Waals surface area contributed by atoms with Crippen LogP contribution in [0.15, 0.2) is 72.8 Å². The van der Waals surface area contributed by atoms with Crippen LogP contribution < -0.4 is 5.32 Å². The van der Waals surface area contributed by atoms with Crippen molar-refractivity contribution in [2.45, 2.75) is 6.92 Å². The van der Waals surface area contributed by atoms with E-state index in [1.807, 2.05) is 13.0 Å². The van der Waals surface area contributed by atoms with Crippen LogP contribution >= 0.6 is 11.6 Å². The Morgan fingerprint density at radius 1 is 1.27 bits per heavy atom. The van der Waals surface area contributed by atoms with Crippen molar-refractivity contribution in [2.24, 2.45) is 0 Å². The fourth-order valence-electron chi connectivity index (χ4n) is 1.67. The summed E-state index contributed by atoms with van der Waals surface area (Å²) in [5.41, 5.74) is 2.36. The van der Waals surface area contributed by atoms with Crippen molar-refractivity contribution < 1.29 is 9.53 Å². The number of ether oxygens (including phenoxy) is 1. The number of benzene rings is 1. The number of hydrogen-bond donors (Lipinski definition) is 1. The highest BCUT2D eigenvalue weighted by Gasteiger charge is 2.11. The second kappa shape index (κ2) is 8.10. The number of methoxy groups -OCH3 is 1. The van der Waals surface area contributed by atoms with E-state index in [1.54, 1.807) is 35.4 Å². The number of nitrogens with one attached hydrogen (secondary N) is 1. The Hall–Kier alpha value is -2.46. The molecule has 0 unspecified atom stereocenters. The minimum atomic E-state index is -0.382. The first-order chi connectivity index (χ1) is 10.4. The van der Waals surface area contributed by atoms with Crippen LogP contribution in [0, 0.1) is 0 Å². The van der Waals surface area contributed by atoms with Crippen LogP contribution in [-0.4, -0.2) is 18.0 Å². The lowest BCUT2D eigenvalue weighted by molar-refractivity contribution is 0.0601. The average molecular weight is 319 g/mol.